The van der Waals surface area contributed by atoms with Crippen molar-refractivity contribution in [3.63, 3.8) is 0 Å². The molecule has 0 aliphatic rings. The molecule has 2 rings (SSSR count). The molecule has 0 fully saturated rings. The molecular weight excluding hydrogens is 226 g/mol. The van der Waals surface area contributed by atoms with Crippen LogP contribution in [0.25, 0.3) is 11.1 Å². The zero-order chi connectivity index (χ0) is 13.0. The molecule has 0 spiro atoms. The molecule has 0 saturated carbocycles. The predicted octanol–water partition coefficient (Wildman–Crippen LogP) is 2.17. The highest BCUT2D eigenvalue weighted by atomic mass is 16.1. The van der Waals surface area contributed by atoms with Crippen molar-refractivity contribution in [2.75, 3.05) is 18.5 Å². The van der Waals surface area contributed by atoms with Crippen molar-refractivity contribution in [1.29, 1.82) is 0 Å². The largest absolute Gasteiger partial charge is 0.337 e. The number of rotatable bonds is 4. The second-order valence-electron chi connectivity index (χ2n) is 4.20. The normalized spacial score (nSPS) is 10.1. The van der Waals surface area contributed by atoms with Crippen molar-refractivity contribution in [3.05, 3.63) is 42.7 Å². The van der Waals surface area contributed by atoms with Crippen LogP contribution in [0.2, 0.25) is 0 Å². The molecule has 18 heavy (non-hydrogen) atoms. The zero-order valence-corrected chi connectivity index (χ0v) is 10.5. The Labute approximate surface area is 106 Å². The van der Waals surface area contributed by atoms with Gasteiger partial charge in [-0.2, -0.15) is 0 Å². The second kappa shape index (κ2) is 5.40. The summed E-state index contributed by atoms with van der Waals surface area (Å²) in [6.07, 6.45) is 3.54. The molecule has 1 aromatic carbocycles. The van der Waals surface area contributed by atoms with E-state index in [4.69, 9.17) is 0 Å². The van der Waals surface area contributed by atoms with Gasteiger partial charge in [-0.3, -0.25) is 4.79 Å². The van der Waals surface area contributed by atoms with E-state index in [1.807, 2.05) is 30.3 Å². The fraction of sp³-hybridized carbons (Fsp3) is 0.214. The molecule has 0 aliphatic heterocycles. The maximum atomic E-state index is 11.0. The third kappa shape index (κ3) is 2.91. The zero-order valence-electron chi connectivity index (χ0n) is 10.5. The molecule has 0 atom stereocenters. The lowest BCUT2D eigenvalue weighted by atomic mass is 10.1. The lowest BCUT2D eigenvalue weighted by molar-refractivity contribution is -0.115. The minimum atomic E-state index is 0.0910. The van der Waals surface area contributed by atoms with E-state index in [0.717, 1.165) is 11.1 Å². The van der Waals surface area contributed by atoms with Crippen molar-refractivity contribution in [1.82, 2.24) is 9.97 Å². The van der Waals surface area contributed by atoms with Crippen molar-refractivity contribution in [3.8, 4) is 11.1 Å². The van der Waals surface area contributed by atoms with Crippen LogP contribution in [0.15, 0.2) is 42.7 Å². The number of anilines is 1. The molecule has 0 aliphatic carbocycles. The summed E-state index contributed by atoms with van der Waals surface area (Å²) in [5.41, 5.74) is 2.05. The summed E-state index contributed by atoms with van der Waals surface area (Å²) in [6, 6.07) is 9.95. The van der Waals surface area contributed by atoms with E-state index >= 15 is 0 Å². The number of ketones is 1. The lowest BCUT2D eigenvalue weighted by Gasteiger charge is -2.14. The Balaban J connectivity index is 2.18. The van der Waals surface area contributed by atoms with Crippen LogP contribution in [-0.2, 0) is 4.79 Å². The van der Waals surface area contributed by atoms with Gasteiger partial charge in [0, 0.05) is 25.0 Å². The first-order valence-corrected chi connectivity index (χ1v) is 5.75. The quantitative estimate of drug-likeness (QED) is 0.823. The van der Waals surface area contributed by atoms with Gasteiger partial charge in [0.05, 0.1) is 6.54 Å². The first-order valence-electron chi connectivity index (χ1n) is 5.75. The van der Waals surface area contributed by atoms with Gasteiger partial charge in [0.25, 0.3) is 0 Å². The van der Waals surface area contributed by atoms with Crippen LogP contribution in [0, 0.1) is 0 Å². The number of Topliss-reactive ketones (excluding diaryl/α,β-unsaturated/α-hetero) is 1. The predicted molar refractivity (Wildman–Crippen MR) is 71.4 cm³/mol. The standard InChI is InChI=1S/C14H15N3O/c1-11(18)10-17(2)14-15-8-13(9-16-14)12-6-4-3-5-7-12/h3-9H,10H2,1-2H3. The molecule has 0 unspecified atom stereocenters. The van der Waals surface area contributed by atoms with Crippen molar-refractivity contribution in [2.24, 2.45) is 0 Å². The Morgan fingerprint density at radius 3 is 2.28 bits per heavy atom. The minimum absolute atomic E-state index is 0.0910. The minimum Gasteiger partial charge on any atom is -0.337 e. The van der Waals surface area contributed by atoms with Gasteiger partial charge >= 0.3 is 0 Å². The first kappa shape index (κ1) is 12.2. The van der Waals surface area contributed by atoms with Gasteiger partial charge in [-0.25, -0.2) is 9.97 Å². The highest BCUT2D eigenvalue weighted by molar-refractivity contribution is 5.80. The molecular formula is C14H15N3O. The van der Waals surface area contributed by atoms with Crippen LogP contribution in [0.4, 0.5) is 5.95 Å². The summed E-state index contributed by atoms with van der Waals surface area (Å²) >= 11 is 0. The molecule has 0 N–H and O–H groups in total. The first-order chi connectivity index (χ1) is 8.66. The van der Waals surface area contributed by atoms with E-state index in [2.05, 4.69) is 9.97 Å². The van der Waals surface area contributed by atoms with Crippen molar-refractivity contribution >= 4 is 11.7 Å². The van der Waals surface area contributed by atoms with Gasteiger partial charge in [-0.1, -0.05) is 30.3 Å². The topological polar surface area (TPSA) is 46.1 Å². The molecule has 4 heteroatoms. The third-order valence-corrected chi connectivity index (χ3v) is 2.55. The van der Waals surface area contributed by atoms with Gasteiger partial charge in [0.1, 0.15) is 5.78 Å². The van der Waals surface area contributed by atoms with Crippen LogP contribution in [0.3, 0.4) is 0 Å². The maximum absolute atomic E-state index is 11.0. The summed E-state index contributed by atoms with van der Waals surface area (Å²) < 4.78 is 0. The van der Waals surface area contributed by atoms with Crippen LogP contribution < -0.4 is 4.90 Å². The average molecular weight is 241 g/mol. The van der Waals surface area contributed by atoms with E-state index in [9.17, 15) is 4.79 Å². The molecule has 0 amide bonds. The number of carbonyl (C=O) groups is 1. The smallest absolute Gasteiger partial charge is 0.225 e. The van der Waals surface area contributed by atoms with Crippen LogP contribution in [0.5, 0.6) is 0 Å². The van der Waals surface area contributed by atoms with Crippen LogP contribution >= 0.6 is 0 Å². The number of hydrogen-bond acceptors (Lipinski definition) is 4. The summed E-state index contributed by atoms with van der Waals surface area (Å²) in [7, 11) is 1.80. The summed E-state index contributed by atoms with van der Waals surface area (Å²) in [5.74, 6) is 0.651. The molecule has 2 aromatic rings. The summed E-state index contributed by atoms with van der Waals surface area (Å²) in [6.45, 7) is 1.87. The molecule has 92 valence electrons. The average Bonchev–Trinajstić information content (AvgIpc) is 2.39. The number of nitrogens with zero attached hydrogens (tertiary/aromatic N) is 3. The molecule has 4 nitrogen and oxygen atoms in total. The Bertz CT molecular complexity index is 522. The van der Waals surface area contributed by atoms with Crippen molar-refractivity contribution < 1.29 is 4.79 Å². The van der Waals surface area contributed by atoms with E-state index in [1.165, 1.54) is 0 Å². The van der Waals surface area contributed by atoms with E-state index < -0.39 is 0 Å². The fourth-order valence-electron chi connectivity index (χ4n) is 1.70. The lowest BCUT2D eigenvalue weighted by Crippen LogP contribution is -2.25. The number of carbonyl (C=O) groups excluding carboxylic acids is 1. The van der Waals surface area contributed by atoms with E-state index in [0.29, 0.717) is 12.5 Å². The Hall–Kier alpha value is -2.23. The van der Waals surface area contributed by atoms with Crippen LogP contribution in [-0.4, -0.2) is 29.3 Å². The third-order valence-electron chi connectivity index (χ3n) is 2.55. The monoisotopic (exact) mass is 241 g/mol. The van der Waals surface area contributed by atoms with E-state index in [-0.39, 0.29) is 5.78 Å². The highest BCUT2D eigenvalue weighted by Crippen LogP contribution is 2.17. The summed E-state index contributed by atoms with van der Waals surface area (Å²) in [4.78, 5) is 21.3. The number of likely N-dealkylation sites (N-methyl/N-ethyl adjacent to an activating group) is 1. The maximum Gasteiger partial charge on any atom is 0.225 e. The van der Waals surface area contributed by atoms with Gasteiger partial charge in [0.15, 0.2) is 0 Å². The summed E-state index contributed by atoms with van der Waals surface area (Å²) in [5, 5.41) is 0. The molecule has 1 aromatic heterocycles. The second-order valence-corrected chi connectivity index (χ2v) is 4.20. The molecule has 0 saturated heterocycles. The Morgan fingerprint density at radius 2 is 1.72 bits per heavy atom. The highest BCUT2D eigenvalue weighted by Gasteiger charge is 2.06. The van der Waals surface area contributed by atoms with Crippen LogP contribution in [0.1, 0.15) is 6.92 Å². The van der Waals surface area contributed by atoms with Gasteiger partial charge in [0.2, 0.25) is 5.95 Å². The number of hydrogen-bond donors (Lipinski definition) is 0. The fourth-order valence-corrected chi connectivity index (χ4v) is 1.70. The Kier molecular flexibility index (Phi) is 3.67. The molecule has 0 bridgehead atoms. The van der Waals surface area contributed by atoms with Gasteiger partial charge < -0.3 is 4.90 Å². The number of benzene rings is 1. The van der Waals surface area contributed by atoms with Crippen molar-refractivity contribution in [2.45, 2.75) is 6.92 Å². The van der Waals surface area contributed by atoms with Gasteiger partial charge in [-0.15, -0.1) is 0 Å². The van der Waals surface area contributed by atoms with Gasteiger partial charge in [-0.05, 0) is 12.5 Å². The molecule has 1 heterocycles. The number of aromatic nitrogens is 2. The Morgan fingerprint density at radius 1 is 1.11 bits per heavy atom. The molecule has 0 radical (unpaired) electrons. The SMILES string of the molecule is CC(=O)CN(C)c1ncc(-c2ccccc2)cn1. The van der Waals surface area contributed by atoms with E-state index in [1.54, 1.807) is 31.3 Å².